The molecule has 2 rings (SSSR count). The predicted octanol–water partition coefficient (Wildman–Crippen LogP) is 4.00. The Morgan fingerprint density at radius 3 is 1.76 bits per heavy atom. The summed E-state index contributed by atoms with van der Waals surface area (Å²) in [4.78, 5) is 0. The molecule has 0 aliphatic rings. The van der Waals surface area contributed by atoms with Crippen molar-refractivity contribution >= 4 is 17.8 Å². The summed E-state index contributed by atoms with van der Waals surface area (Å²) >= 11 is 0. The van der Waals surface area contributed by atoms with Crippen LogP contribution in [0.15, 0.2) is 48.5 Å². The van der Waals surface area contributed by atoms with Gasteiger partial charge in [0.25, 0.3) is 0 Å². The van der Waals surface area contributed by atoms with Gasteiger partial charge >= 0.3 is 0 Å². The van der Waals surface area contributed by atoms with Crippen LogP contribution >= 0.6 is 0 Å². The molecule has 0 spiro atoms. The first-order chi connectivity index (χ1) is 8.28. The average Bonchev–Trinajstić information content (AvgIpc) is 2.39. The molecule has 2 aromatic rings. The lowest BCUT2D eigenvalue weighted by molar-refractivity contribution is 1.14. The van der Waals surface area contributed by atoms with Crippen molar-refractivity contribution in [1.29, 1.82) is 0 Å². The molecular formula is C16H17N. The van der Waals surface area contributed by atoms with E-state index in [0.29, 0.717) is 0 Å². The summed E-state index contributed by atoms with van der Waals surface area (Å²) in [7, 11) is 0. The summed E-state index contributed by atoms with van der Waals surface area (Å²) in [6.07, 6.45) is 5.30. The first kappa shape index (κ1) is 11.5. The van der Waals surface area contributed by atoms with E-state index in [-0.39, 0.29) is 0 Å². The number of aryl methyl sites for hydroxylation is 1. The minimum atomic E-state index is 0.800. The lowest BCUT2D eigenvalue weighted by Crippen LogP contribution is -1.82. The minimum Gasteiger partial charge on any atom is -0.399 e. The van der Waals surface area contributed by atoms with Crippen molar-refractivity contribution in [3.05, 3.63) is 65.2 Å². The molecule has 0 saturated heterocycles. The molecule has 0 bridgehead atoms. The Morgan fingerprint density at radius 1 is 0.824 bits per heavy atom. The van der Waals surface area contributed by atoms with E-state index in [1.165, 1.54) is 16.7 Å². The largest absolute Gasteiger partial charge is 0.399 e. The van der Waals surface area contributed by atoms with Crippen LogP contribution in [-0.2, 0) is 6.42 Å². The van der Waals surface area contributed by atoms with Crippen LogP contribution in [0.5, 0.6) is 0 Å². The van der Waals surface area contributed by atoms with Gasteiger partial charge in [-0.1, -0.05) is 55.5 Å². The van der Waals surface area contributed by atoms with Gasteiger partial charge in [0.1, 0.15) is 0 Å². The summed E-state index contributed by atoms with van der Waals surface area (Å²) in [6, 6.07) is 16.5. The van der Waals surface area contributed by atoms with Crippen LogP contribution in [0, 0.1) is 0 Å². The van der Waals surface area contributed by atoms with Crippen LogP contribution in [0.3, 0.4) is 0 Å². The van der Waals surface area contributed by atoms with E-state index in [4.69, 9.17) is 5.73 Å². The molecule has 0 aliphatic heterocycles. The summed E-state index contributed by atoms with van der Waals surface area (Å²) in [5.41, 5.74) is 10.2. The Hall–Kier alpha value is -2.02. The average molecular weight is 223 g/mol. The van der Waals surface area contributed by atoms with Gasteiger partial charge in [0.2, 0.25) is 0 Å². The summed E-state index contributed by atoms with van der Waals surface area (Å²) < 4.78 is 0. The molecule has 0 radical (unpaired) electrons. The Morgan fingerprint density at radius 2 is 1.29 bits per heavy atom. The molecule has 2 aromatic carbocycles. The fourth-order valence-corrected chi connectivity index (χ4v) is 1.66. The van der Waals surface area contributed by atoms with Gasteiger partial charge in [0, 0.05) is 5.69 Å². The second-order valence-corrected chi connectivity index (χ2v) is 4.10. The van der Waals surface area contributed by atoms with E-state index in [1.807, 2.05) is 24.3 Å². The third-order valence-corrected chi connectivity index (χ3v) is 2.79. The topological polar surface area (TPSA) is 26.0 Å². The number of benzene rings is 2. The quantitative estimate of drug-likeness (QED) is 0.617. The monoisotopic (exact) mass is 223 g/mol. The highest BCUT2D eigenvalue weighted by atomic mass is 14.5. The maximum absolute atomic E-state index is 5.64. The Balaban J connectivity index is 2.11. The molecule has 0 atom stereocenters. The zero-order valence-electron chi connectivity index (χ0n) is 10.1. The first-order valence-corrected chi connectivity index (χ1v) is 5.90. The van der Waals surface area contributed by atoms with E-state index >= 15 is 0 Å². The predicted molar refractivity (Wildman–Crippen MR) is 75.6 cm³/mol. The van der Waals surface area contributed by atoms with Crippen LogP contribution in [0.4, 0.5) is 5.69 Å². The number of anilines is 1. The van der Waals surface area contributed by atoms with Crippen LogP contribution < -0.4 is 5.73 Å². The molecule has 17 heavy (non-hydrogen) atoms. The zero-order valence-corrected chi connectivity index (χ0v) is 10.1. The Kier molecular flexibility index (Phi) is 3.61. The molecule has 1 heteroatoms. The molecule has 2 N–H and O–H groups in total. The molecule has 0 aliphatic carbocycles. The fourth-order valence-electron chi connectivity index (χ4n) is 1.66. The molecule has 0 fully saturated rings. The number of hydrogen-bond donors (Lipinski definition) is 1. The smallest absolute Gasteiger partial charge is 0.0314 e. The highest BCUT2D eigenvalue weighted by molar-refractivity contribution is 5.70. The molecule has 0 amide bonds. The van der Waals surface area contributed by atoms with E-state index in [2.05, 4.69) is 43.3 Å². The summed E-state index contributed by atoms with van der Waals surface area (Å²) in [5, 5.41) is 0. The van der Waals surface area contributed by atoms with Crippen molar-refractivity contribution in [2.24, 2.45) is 0 Å². The second kappa shape index (κ2) is 5.35. The molecule has 0 aromatic heterocycles. The normalized spacial score (nSPS) is 10.9. The van der Waals surface area contributed by atoms with Gasteiger partial charge < -0.3 is 5.73 Å². The summed E-state index contributed by atoms with van der Waals surface area (Å²) in [5.74, 6) is 0. The van der Waals surface area contributed by atoms with Crippen molar-refractivity contribution in [3.63, 3.8) is 0 Å². The number of hydrogen-bond acceptors (Lipinski definition) is 1. The third kappa shape index (κ3) is 3.22. The van der Waals surface area contributed by atoms with Crippen molar-refractivity contribution < 1.29 is 0 Å². The van der Waals surface area contributed by atoms with Crippen LogP contribution in [0.1, 0.15) is 23.6 Å². The van der Waals surface area contributed by atoms with E-state index < -0.39 is 0 Å². The highest BCUT2D eigenvalue weighted by Gasteiger charge is 1.90. The van der Waals surface area contributed by atoms with Gasteiger partial charge in [0.15, 0.2) is 0 Å². The lowest BCUT2D eigenvalue weighted by Gasteiger charge is -1.98. The van der Waals surface area contributed by atoms with Crippen molar-refractivity contribution in [3.8, 4) is 0 Å². The number of rotatable bonds is 3. The van der Waals surface area contributed by atoms with Gasteiger partial charge in [-0.15, -0.1) is 0 Å². The molecule has 86 valence electrons. The van der Waals surface area contributed by atoms with Gasteiger partial charge in [0.05, 0.1) is 0 Å². The van der Waals surface area contributed by atoms with Crippen LogP contribution in [-0.4, -0.2) is 0 Å². The molecular weight excluding hydrogens is 206 g/mol. The van der Waals surface area contributed by atoms with Crippen LogP contribution in [0.2, 0.25) is 0 Å². The van der Waals surface area contributed by atoms with E-state index in [1.54, 1.807) is 0 Å². The van der Waals surface area contributed by atoms with Crippen molar-refractivity contribution in [1.82, 2.24) is 0 Å². The van der Waals surface area contributed by atoms with Crippen molar-refractivity contribution in [2.75, 3.05) is 5.73 Å². The first-order valence-electron chi connectivity index (χ1n) is 5.90. The minimum absolute atomic E-state index is 0.800. The Labute approximate surface area is 103 Å². The van der Waals surface area contributed by atoms with Crippen molar-refractivity contribution in [2.45, 2.75) is 13.3 Å². The molecule has 0 saturated carbocycles. The second-order valence-electron chi connectivity index (χ2n) is 4.10. The molecule has 0 heterocycles. The van der Waals surface area contributed by atoms with Gasteiger partial charge in [-0.25, -0.2) is 0 Å². The van der Waals surface area contributed by atoms with Gasteiger partial charge in [-0.2, -0.15) is 0 Å². The standard InChI is InChI=1S/C16H17N/c1-2-13-3-5-14(6-4-13)7-8-15-9-11-16(17)12-10-15/h3-12H,2,17H2,1H3/b8-7+. The third-order valence-electron chi connectivity index (χ3n) is 2.79. The Bertz CT molecular complexity index is 492. The fraction of sp³-hybridized carbons (Fsp3) is 0.125. The lowest BCUT2D eigenvalue weighted by atomic mass is 10.1. The SMILES string of the molecule is CCc1ccc(/C=C/c2ccc(N)cc2)cc1. The van der Waals surface area contributed by atoms with E-state index in [9.17, 15) is 0 Å². The van der Waals surface area contributed by atoms with Crippen LogP contribution in [0.25, 0.3) is 12.2 Å². The zero-order chi connectivity index (χ0) is 12.1. The molecule has 0 unspecified atom stereocenters. The maximum atomic E-state index is 5.64. The summed E-state index contributed by atoms with van der Waals surface area (Å²) in [6.45, 7) is 2.17. The molecule has 1 nitrogen and oxygen atoms in total. The number of nitrogens with two attached hydrogens (primary N) is 1. The van der Waals surface area contributed by atoms with Gasteiger partial charge in [-0.3, -0.25) is 0 Å². The maximum Gasteiger partial charge on any atom is 0.0314 e. The highest BCUT2D eigenvalue weighted by Crippen LogP contribution is 2.11. The van der Waals surface area contributed by atoms with E-state index in [0.717, 1.165) is 12.1 Å². The van der Waals surface area contributed by atoms with Gasteiger partial charge in [-0.05, 0) is 35.2 Å². The number of nitrogen functional groups attached to an aromatic ring is 1.